The molecule has 1 fully saturated rings. The maximum atomic E-state index is 9.76. The van der Waals surface area contributed by atoms with Crippen LogP contribution >= 0.6 is 0 Å². The summed E-state index contributed by atoms with van der Waals surface area (Å²) >= 11 is 0. The lowest BCUT2D eigenvalue weighted by Crippen LogP contribution is -2.10. The molecular weight excluding hydrogens is 178 g/mol. The molecule has 1 heterocycles. The molecule has 2 aromatic rings. The van der Waals surface area contributed by atoms with Gasteiger partial charge in [0.2, 0.25) is 0 Å². The van der Waals surface area contributed by atoms with Crippen LogP contribution in [0.15, 0.2) is 29.0 Å². The molecule has 0 aliphatic heterocycles. The molecule has 1 N–H and O–H groups in total. The molecule has 3 nitrogen and oxygen atoms in total. The number of oxazole rings is 1. The third kappa shape index (κ3) is 1.30. The Morgan fingerprint density at radius 3 is 3.07 bits per heavy atom. The van der Waals surface area contributed by atoms with Gasteiger partial charge >= 0.3 is 0 Å². The van der Waals surface area contributed by atoms with Gasteiger partial charge in [0.15, 0.2) is 12.0 Å². The first-order valence-corrected chi connectivity index (χ1v) is 4.80. The smallest absolute Gasteiger partial charge is 0.181 e. The van der Waals surface area contributed by atoms with Gasteiger partial charge in [0.1, 0.15) is 5.52 Å². The summed E-state index contributed by atoms with van der Waals surface area (Å²) in [6.07, 6.45) is 4.02. The zero-order valence-electron chi connectivity index (χ0n) is 7.73. The first kappa shape index (κ1) is 8.00. The van der Waals surface area contributed by atoms with Crippen LogP contribution < -0.4 is 0 Å². The SMILES string of the molecule is OC1(Cc2ccc3ocnc3c2)CC1. The number of rotatable bonds is 2. The molecule has 0 spiro atoms. The monoisotopic (exact) mass is 189 g/mol. The van der Waals surface area contributed by atoms with E-state index in [9.17, 15) is 5.11 Å². The Hall–Kier alpha value is -1.35. The second kappa shape index (κ2) is 2.58. The lowest BCUT2D eigenvalue weighted by Gasteiger charge is -2.06. The molecule has 1 saturated carbocycles. The summed E-state index contributed by atoms with van der Waals surface area (Å²) in [4.78, 5) is 4.08. The Bertz CT molecular complexity index is 471. The lowest BCUT2D eigenvalue weighted by atomic mass is 10.1. The topological polar surface area (TPSA) is 46.3 Å². The quantitative estimate of drug-likeness (QED) is 0.784. The highest BCUT2D eigenvalue weighted by Crippen LogP contribution is 2.38. The molecule has 0 amide bonds. The van der Waals surface area contributed by atoms with E-state index in [4.69, 9.17) is 4.42 Å². The fourth-order valence-electron chi connectivity index (χ4n) is 1.71. The number of aliphatic hydroxyl groups is 1. The number of hydrogen-bond donors (Lipinski definition) is 1. The molecule has 0 bridgehead atoms. The molecule has 1 aliphatic carbocycles. The Kier molecular flexibility index (Phi) is 1.47. The van der Waals surface area contributed by atoms with Gasteiger partial charge in [0.05, 0.1) is 5.60 Å². The Labute approximate surface area is 81.4 Å². The van der Waals surface area contributed by atoms with Crippen LogP contribution in [0.2, 0.25) is 0 Å². The fourth-order valence-corrected chi connectivity index (χ4v) is 1.71. The van der Waals surface area contributed by atoms with E-state index in [1.807, 2.05) is 18.2 Å². The summed E-state index contributed by atoms with van der Waals surface area (Å²) in [5.41, 5.74) is 2.37. The maximum Gasteiger partial charge on any atom is 0.181 e. The molecule has 0 atom stereocenters. The van der Waals surface area contributed by atoms with Crippen molar-refractivity contribution in [1.82, 2.24) is 4.98 Å². The predicted molar refractivity (Wildman–Crippen MR) is 51.9 cm³/mol. The molecule has 0 saturated heterocycles. The van der Waals surface area contributed by atoms with E-state index in [1.54, 1.807) is 0 Å². The molecule has 72 valence electrons. The van der Waals surface area contributed by atoms with Gasteiger partial charge in [-0.15, -0.1) is 0 Å². The summed E-state index contributed by atoms with van der Waals surface area (Å²) in [7, 11) is 0. The molecular formula is C11H11NO2. The minimum Gasteiger partial charge on any atom is -0.443 e. The molecule has 0 unspecified atom stereocenters. The van der Waals surface area contributed by atoms with E-state index in [2.05, 4.69) is 4.98 Å². The third-order valence-corrected chi connectivity index (χ3v) is 2.76. The zero-order chi connectivity index (χ0) is 9.60. The maximum absolute atomic E-state index is 9.76. The van der Waals surface area contributed by atoms with E-state index in [0.717, 1.165) is 35.9 Å². The van der Waals surface area contributed by atoms with Gasteiger partial charge in [-0.3, -0.25) is 0 Å². The van der Waals surface area contributed by atoms with Crippen LogP contribution in [-0.2, 0) is 6.42 Å². The van der Waals surface area contributed by atoms with Gasteiger partial charge in [0, 0.05) is 6.42 Å². The second-order valence-corrected chi connectivity index (χ2v) is 4.06. The van der Waals surface area contributed by atoms with E-state index >= 15 is 0 Å². The van der Waals surface area contributed by atoms with Crippen molar-refractivity contribution in [2.24, 2.45) is 0 Å². The van der Waals surface area contributed by atoms with Gasteiger partial charge in [-0.2, -0.15) is 0 Å². The summed E-state index contributed by atoms with van der Waals surface area (Å²) in [6, 6.07) is 5.88. The van der Waals surface area contributed by atoms with Crippen molar-refractivity contribution >= 4 is 11.1 Å². The van der Waals surface area contributed by atoms with Gasteiger partial charge < -0.3 is 9.52 Å². The molecule has 3 heteroatoms. The Morgan fingerprint density at radius 1 is 1.43 bits per heavy atom. The van der Waals surface area contributed by atoms with Crippen LogP contribution in [0.4, 0.5) is 0 Å². The molecule has 1 aromatic heterocycles. The van der Waals surface area contributed by atoms with E-state index < -0.39 is 5.60 Å². The van der Waals surface area contributed by atoms with Gasteiger partial charge in [-0.1, -0.05) is 6.07 Å². The predicted octanol–water partition coefficient (Wildman–Crippen LogP) is 1.90. The van der Waals surface area contributed by atoms with Crippen molar-refractivity contribution in [3.63, 3.8) is 0 Å². The Balaban J connectivity index is 1.97. The van der Waals surface area contributed by atoms with Crippen LogP contribution in [-0.4, -0.2) is 15.7 Å². The number of benzene rings is 1. The largest absolute Gasteiger partial charge is 0.443 e. The summed E-state index contributed by atoms with van der Waals surface area (Å²) < 4.78 is 5.15. The van der Waals surface area contributed by atoms with Crippen molar-refractivity contribution < 1.29 is 9.52 Å². The van der Waals surface area contributed by atoms with E-state index in [1.165, 1.54) is 6.39 Å². The summed E-state index contributed by atoms with van der Waals surface area (Å²) in [6.45, 7) is 0. The highest BCUT2D eigenvalue weighted by atomic mass is 16.3. The fraction of sp³-hybridized carbons (Fsp3) is 0.364. The van der Waals surface area contributed by atoms with Crippen LogP contribution in [0.3, 0.4) is 0 Å². The van der Waals surface area contributed by atoms with Crippen molar-refractivity contribution in [2.45, 2.75) is 24.9 Å². The van der Waals surface area contributed by atoms with Crippen LogP contribution in [0.25, 0.3) is 11.1 Å². The molecule has 3 rings (SSSR count). The second-order valence-electron chi connectivity index (χ2n) is 4.06. The summed E-state index contributed by atoms with van der Waals surface area (Å²) in [5.74, 6) is 0. The minimum atomic E-state index is -0.433. The third-order valence-electron chi connectivity index (χ3n) is 2.76. The van der Waals surface area contributed by atoms with Crippen LogP contribution in [0.1, 0.15) is 18.4 Å². The molecule has 1 aliphatic rings. The summed E-state index contributed by atoms with van der Waals surface area (Å²) in [5, 5.41) is 9.76. The average molecular weight is 189 g/mol. The zero-order valence-corrected chi connectivity index (χ0v) is 7.73. The number of aromatic nitrogens is 1. The van der Waals surface area contributed by atoms with E-state index in [-0.39, 0.29) is 0 Å². The van der Waals surface area contributed by atoms with Gasteiger partial charge in [-0.05, 0) is 30.5 Å². The number of fused-ring (bicyclic) bond motifs is 1. The van der Waals surface area contributed by atoms with Crippen molar-refractivity contribution in [3.8, 4) is 0 Å². The standard InChI is InChI=1S/C11H11NO2/c13-11(3-4-11)6-8-1-2-10-9(5-8)12-7-14-10/h1-2,5,7,13H,3-4,6H2. The highest BCUT2D eigenvalue weighted by Gasteiger charge is 2.40. The molecule has 14 heavy (non-hydrogen) atoms. The average Bonchev–Trinajstić information content (AvgIpc) is 2.73. The van der Waals surface area contributed by atoms with Crippen molar-refractivity contribution in [2.75, 3.05) is 0 Å². The number of nitrogens with zero attached hydrogens (tertiary/aromatic N) is 1. The van der Waals surface area contributed by atoms with Crippen molar-refractivity contribution in [1.29, 1.82) is 0 Å². The van der Waals surface area contributed by atoms with Gasteiger partial charge in [0.25, 0.3) is 0 Å². The van der Waals surface area contributed by atoms with Crippen LogP contribution in [0, 0.1) is 0 Å². The molecule has 1 aromatic carbocycles. The van der Waals surface area contributed by atoms with Crippen molar-refractivity contribution in [3.05, 3.63) is 30.2 Å². The van der Waals surface area contributed by atoms with E-state index in [0.29, 0.717) is 0 Å². The Morgan fingerprint density at radius 2 is 2.29 bits per heavy atom. The normalized spacial score (nSPS) is 18.6. The first-order valence-electron chi connectivity index (χ1n) is 4.80. The van der Waals surface area contributed by atoms with Gasteiger partial charge in [-0.25, -0.2) is 4.98 Å². The lowest BCUT2D eigenvalue weighted by molar-refractivity contribution is 0.151. The molecule has 0 radical (unpaired) electrons. The highest BCUT2D eigenvalue weighted by molar-refractivity contribution is 5.72. The first-order chi connectivity index (χ1) is 6.75. The number of hydrogen-bond acceptors (Lipinski definition) is 3. The van der Waals surface area contributed by atoms with Crippen LogP contribution in [0.5, 0.6) is 0 Å². The minimum absolute atomic E-state index is 0.433.